The number of carbonyl (C=O) groups is 2. The zero-order chi connectivity index (χ0) is 22.8. The molecule has 1 aromatic heterocycles. The Balaban J connectivity index is 1.52. The molecule has 0 aliphatic carbocycles. The number of benzene rings is 2. The first-order chi connectivity index (χ1) is 15.4. The third-order valence-corrected chi connectivity index (χ3v) is 7.03. The van der Waals surface area contributed by atoms with Crippen molar-refractivity contribution in [1.82, 2.24) is 9.47 Å². The number of para-hydroxylation sites is 2. The average molecular weight is 450 g/mol. The number of hydrogen-bond acceptors (Lipinski definition) is 3. The van der Waals surface area contributed by atoms with Crippen molar-refractivity contribution < 1.29 is 9.59 Å². The number of carbonyl (C=O) groups excluding carboxylic acids is 2. The zero-order valence-corrected chi connectivity index (χ0v) is 20.1. The first-order valence-corrected chi connectivity index (χ1v) is 12.3. The number of fused-ring (bicyclic) bond motifs is 2. The van der Waals surface area contributed by atoms with Crippen molar-refractivity contribution in [2.45, 2.75) is 57.6 Å². The van der Waals surface area contributed by atoms with E-state index in [2.05, 4.69) is 39.8 Å². The van der Waals surface area contributed by atoms with Gasteiger partial charge in [-0.3, -0.25) is 9.59 Å². The van der Waals surface area contributed by atoms with Gasteiger partial charge >= 0.3 is 0 Å². The summed E-state index contributed by atoms with van der Waals surface area (Å²) >= 11 is 1.55. The van der Waals surface area contributed by atoms with Gasteiger partial charge in [0.15, 0.2) is 0 Å². The molecule has 0 N–H and O–H groups in total. The van der Waals surface area contributed by atoms with Crippen LogP contribution in [0.5, 0.6) is 0 Å². The van der Waals surface area contributed by atoms with Crippen LogP contribution in [-0.2, 0) is 22.6 Å². The van der Waals surface area contributed by atoms with Crippen LogP contribution in [0.15, 0.2) is 59.6 Å². The van der Waals surface area contributed by atoms with Gasteiger partial charge in [0.1, 0.15) is 6.54 Å². The smallest absolute Gasteiger partial charge is 0.242 e. The highest BCUT2D eigenvalue weighted by Crippen LogP contribution is 2.32. The zero-order valence-electron chi connectivity index (χ0n) is 19.2. The van der Waals surface area contributed by atoms with Crippen LogP contribution < -0.4 is 4.90 Å². The molecule has 2 amide bonds. The molecule has 0 atom stereocenters. The Bertz CT molecular complexity index is 1130. The fourth-order valence-corrected chi connectivity index (χ4v) is 5.64. The van der Waals surface area contributed by atoms with Crippen LogP contribution in [0, 0.1) is 0 Å². The van der Waals surface area contributed by atoms with Crippen LogP contribution in [0.1, 0.15) is 33.3 Å². The lowest BCUT2D eigenvalue weighted by atomic mass is 10.2. The summed E-state index contributed by atoms with van der Waals surface area (Å²) in [6.07, 6.45) is 2.94. The van der Waals surface area contributed by atoms with Gasteiger partial charge < -0.3 is 14.4 Å². The van der Waals surface area contributed by atoms with E-state index in [4.69, 9.17) is 0 Å². The molecule has 0 bridgehead atoms. The summed E-state index contributed by atoms with van der Waals surface area (Å²) in [4.78, 5) is 30.9. The lowest BCUT2D eigenvalue weighted by Gasteiger charge is -2.31. The number of aromatic nitrogens is 1. The lowest BCUT2D eigenvalue weighted by molar-refractivity contribution is -0.135. The minimum Gasteiger partial charge on any atom is -0.337 e. The minimum atomic E-state index is 0.108. The maximum absolute atomic E-state index is 13.0. The summed E-state index contributed by atoms with van der Waals surface area (Å²) in [5, 5.41) is 1.08. The number of nitrogens with zero attached hydrogens (tertiary/aromatic N) is 3. The van der Waals surface area contributed by atoms with E-state index in [1.807, 2.05) is 57.0 Å². The van der Waals surface area contributed by atoms with E-state index < -0.39 is 0 Å². The lowest BCUT2D eigenvalue weighted by Crippen LogP contribution is -2.43. The molecule has 4 rings (SSSR count). The topological polar surface area (TPSA) is 45.6 Å². The van der Waals surface area contributed by atoms with Crippen LogP contribution in [-0.4, -0.2) is 45.7 Å². The fraction of sp³-hybridized carbons (Fsp3) is 0.385. The Hall–Kier alpha value is -2.73. The highest BCUT2D eigenvalue weighted by molar-refractivity contribution is 8.00. The Morgan fingerprint density at radius 2 is 1.69 bits per heavy atom. The monoisotopic (exact) mass is 449 g/mol. The largest absolute Gasteiger partial charge is 0.337 e. The Labute approximate surface area is 194 Å². The highest BCUT2D eigenvalue weighted by atomic mass is 32.2. The first-order valence-electron chi connectivity index (χ1n) is 11.3. The van der Waals surface area contributed by atoms with Gasteiger partial charge in [0.25, 0.3) is 0 Å². The third-order valence-electron chi connectivity index (χ3n) is 6.00. The van der Waals surface area contributed by atoms with E-state index in [-0.39, 0.29) is 23.9 Å². The molecule has 0 radical (unpaired) electrons. The molecule has 1 aliphatic rings. The standard InChI is InChI=1S/C26H31N3O2S/c1-18(2)29(19(3)4)25(30)16-27-15-24(21-10-6-8-12-23(21)27)32-17-26(31)28-14-13-20-9-5-7-11-22(20)28/h5-12,15,18-19H,13-14,16-17H2,1-4H3. The summed E-state index contributed by atoms with van der Waals surface area (Å²) in [6, 6.07) is 16.5. The summed E-state index contributed by atoms with van der Waals surface area (Å²) in [6.45, 7) is 9.24. The molecular formula is C26H31N3O2S. The van der Waals surface area contributed by atoms with Gasteiger partial charge in [-0.2, -0.15) is 0 Å². The van der Waals surface area contributed by atoms with E-state index in [1.54, 1.807) is 11.8 Å². The van der Waals surface area contributed by atoms with E-state index in [1.165, 1.54) is 5.56 Å². The molecule has 32 heavy (non-hydrogen) atoms. The van der Waals surface area contributed by atoms with Crippen LogP contribution in [0.3, 0.4) is 0 Å². The Kier molecular flexibility index (Phi) is 6.60. The summed E-state index contributed by atoms with van der Waals surface area (Å²) in [5.74, 6) is 0.608. The molecule has 2 aromatic carbocycles. The molecule has 5 nitrogen and oxygen atoms in total. The molecule has 3 aromatic rings. The molecular weight excluding hydrogens is 418 g/mol. The third kappa shape index (κ3) is 4.42. The average Bonchev–Trinajstić information content (AvgIpc) is 3.33. The van der Waals surface area contributed by atoms with Gasteiger partial charge in [0.05, 0.1) is 5.75 Å². The summed E-state index contributed by atoms with van der Waals surface area (Å²) < 4.78 is 2.02. The van der Waals surface area contributed by atoms with Crippen LogP contribution in [0.2, 0.25) is 0 Å². The molecule has 6 heteroatoms. The number of anilines is 1. The van der Waals surface area contributed by atoms with Crippen molar-refractivity contribution in [3.8, 4) is 0 Å². The fourth-order valence-electron chi connectivity index (χ4n) is 4.67. The van der Waals surface area contributed by atoms with Gasteiger partial charge in [-0.15, -0.1) is 11.8 Å². The number of amides is 2. The molecule has 0 spiro atoms. The van der Waals surface area contributed by atoms with Crippen molar-refractivity contribution in [2.75, 3.05) is 17.2 Å². The second-order valence-corrected chi connectivity index (χ2v) is 9.86. The van der Waals surface area contributed by atoms with Gasteiger partial charge in [0, 0.05) is 46.3 Å². The summed E-state index contributed by atoms with van der Waals surface area (Å²) in [5.41, 5.74) is 3.30. The normalized spacial score (nSPS) is 13.2. The quantitative estimate of drug-likeness (QED) is 0.479. The molecule has 0 saturated carbocycles. The van der Waals surface area contributed by atoms with Crippen LogP contribution in [0.25, 0.3) is 10.9 Å². The first kappa shape index (κ1) is 22.5. The SMILES string of the molecule is CC(C)N(C(=O)Cn1cc(SCC(=O)N2CCc3ccccc32)c2ccccc21)C(C)C. The summed E-state index contributed by atoms with van der Waals surface area (Å²) in [7, 11) is 0. The Morgan fingerprint density at radius 3 is 2.44 bits per heavy atom. The van der Waals surface area contributed by atoms with Crippen molar-refractivity contribution in [1.29, 1.82) is 0 Å². The van der Waals surface area contributed by atoms with E-state index >= 15 is 0 Å². The predicted octanol–water partition coefficient (Wildman–Crippen LogP) is 4.97. The van der Waals surface area contributed by atoms with Crippen LogP contribution >= 0.6 is 11.8 Å². The number of hydrogen-bond donors (Lipinski definition) is 0. The maximum atomic E-state index is 13.0. The molecule has 168 valence electrons. The maximum Gasteiger partial charge on any atom is 0.242 e. The number of rotatable bonds is 7. The molecule has 1 aliphatic heterocycles. The van der Waals surface area contributed by atoms with Crippen LogP contribution in [0.4, 0.5) is 5.69 Å². The highest BCUT2D eigenvalue weighted by Gasteiger charge is 2.25. The van der Waals surface area contributed by atoms with Gasteiger partial charge in [-0.25, -0.2) is 0 Å². The van der Waals surface area contributed by atoms with Gasteiger partial charge in [-0.1, -0.05) is 36.4 Å². The molecule has 0 saturated heterocycles. The van der Waals surface area contributed by atoms with E-state index in [0.29, 0.717) is 12.3 Å². The predicted molar refractivity (Wildman–Crippen MR) is 132 cm³/mol. The van der Waals surface area contributed by atoms with Gasteiger partial charge in [-0.05, 0) is 51.8 Å². The van der Waals surface area contributed by atoms with Crippen molar-refractivity contribution in [3.05, 3.63) is 60.3 Å². The van der Waals surface area contributed by atoms with Crippen molar-refractivity contribution in [2.24, 2.45) is 0 Å². The minimum absolute atomic E-state index is 0.108. The van der Waals surface area contributed by atoms with Crippen molar-refractivity contribution in [3.63, 3.8) is 0 Å². The second-order valence-electron chi connectivity index (χ2n) is 8.84. The Morgan fingerprint density at radius 1 is 1.00 bits per heavy atom. The molecule has 0 fully saturated rings. The van der Waals surface area contributed by atoms with E-state index in [0.717, 1.165) is 34.5 Å². The second kappa shape index (κ2) is 9.41. The van der Waals surface area contributed by atoms with Crippen molar-refractivity contribution >= 4 is 40.2 Å². The molecule has 0 unspecified atom stereocenters. The number of thioether (sulfide) groups is 1. The van der Waals surface area contributed by atoms with E-state index in [9.17, 15) is 9.59 Å². The molecule has 2 heterocycles. The van der Waals surface area contributed by atoms with Gasteiger partial charge in [0.2, 0.25) is 11.8 Å².